The van der Waals surface area contributed by atoms with Crippen molar-refractivity contribution < 1.29 is 14.3 Å². The molecule has 1 N–H and O–H groups in total. The maximum Gasteiger partial charge on any atom is 0.231 e. The molecule has 0 saturated carbocycles. The number of rotatable bonds is 3. The van der Waals surface area contributed by atoms with E-state index in [1.54, 1.807) is 0 Å². The number of carbonyl (C=O) groups excluding carboxylic acids is 1. The lowest BCUT2D eigenvalue weighted by Crippen LogP contribution is -2.14. The standard InChI is InChI=1S/C25H20N2O3/c28-24-12-18(17-9-10-22-23(11-17)30-15-29-22)19-14-27(13-16-5-2-1-3-6-16)21-8-4-7-20(26-24)25(19)21/h1-11,14,18H,12-13,15H2,(H,26,28). The third-order valence-electron chi connectivity index (χ3n) is 5.97. The molecule has 1 atom stereocenters. The fourth-order valence-corrected chi connectivity index (χ4v) is 4.59. The Balaban J connectivity index is 1.52. The Morgan fingerprint density at radius 3 is 2.73 bits per heavy atom. The first-order valence-corrected chi connectivity index (χ1v) is 10.1. The number of anilines is 1. The van der Waals surface area contributed by atoms with Gasteiger partial charge in [-0.15, -0.1) is 0 Å². The fraction of sp³-hybridized carbons (Fsp3) is 0.160. The van der Waals surface area contributed by atoms with E-state index in [2.05, 4.69) is 46.4 Å². The topological polar surface area (TPSA) is 52.5 Å². The normalized spacial score (nSPS) is 17.1. The van der Waals surface area contributed by atoms with Gasteiger partial charge in [0.1, 0.15) is 0 Å². The second kappa shape index (κ2) is 6.66. The van der Waals surface area contributed by atoms with Crippen LogP contribution in [0.15, 0.2) is 72.9 Å². The molecule has 0 aliphatic carbocycles. The van der Waals surface area contributed by atoms with E-state index in [0.717, 1.165) is 45.8 Å². The molecule has 1 unspecified atom stereocenters. The van der Waals surface area contributed by atoms with Crippen molar-refractivity contribution in [3.05, 3.63) is 89.6 Å². The van der Waals surface area contributed by atoms with Crippen LogP contribution >= 0.6 is 0 Å². The molecule has 2 aliphatic rings. The molecule has 2 aliphatic heterocycles. The van der Waals surface area contributed by atoms with Crippen molar-refractivity contribution >= 4 is 22.5 Å². The Morgan fingerprint density at radius 1 is 0.967 bits per heavy atom. The number of fused-ring (bicyclic) bond motifs is 1. The van der Waals surface area contributed by atoms with Crippen molar-refractivity contribution in [1.29, 1.82) is 0 Å². The van der Waals surface area contributed by atoms with E-state index in [0.29, 0.717) is 6.42 Å². The largest absolute Gasteiger partial charge is 0.454 e. The summed E-state index contributed by atoms with van der Waals surface area (Å²) >= 11 is 0. The number of hydrogen-bond donors (Lipinski definition) is 1. The molecule has 5 nitrogen and oxygen atoms in total. The second-order valence-corrected chi connectivity index (χ2v) is 7.82. The maximum absolute atomic E-state index is 12.7. The summed E-state index contributed by atoms with van der Waals surface area (Å²) in [7, 11) is 0. The molecule has 0 saturated heterocycles. The Morgan fingerprint density at radius 2 is 1.83 bits per heavy atom. The average Bonchev–Trinajstić information content (AvgIpc) is 3.34. The number of aromatic nitrogens is 1. The SMILES string of the molecule is O=C1CC(c2ccc3c(c2)OCO3)c2cn(Cc3ccccc3)c3cccc(c23)N1. The van der Waals surface area contributed by atoms with Crippen molar-refractivity contribution in [3.8, 4) is 11.5 Å². The van der Waals surface area contributed by atoms with Crippen molar-refractivity contribution in [2.45, 2.75) is 18.9 Å². The van der Waals surface area contributed by atoms with Gasteiger partial charge < -0.3 is 19.4 Å². The third kappa shape index (κ3) is 2.74. The minimum atomic E-state index is -0.0531. The van der Waals surface area contributed by atoms with Crippen LogP contribution in [-0.4, -0.2) is 17.3 Å². The predicted molar refractivity (Wildman–Crippen MR) is 115 cm³/mol. The van der Waals surface area contributed by atoms with E-state index in [4.69, 9.17) is 9.47 Å². The van der Waals surface area contributed by atoms with Crippen molar-refractivity contribution in [2.24, 2.45) is 0 Å². The van der Waals surface area contributed by atoms with Crippen molar-refractivity contribution in [2.75, 3.05) is 12.1 Å². The second-order valence-electron chi connectivity index (χ2n) is 7.82. The molecule has 30 heavy (non-hydrogen) atoms. The quantitative estimate of drug-likeness (QED) is 0.536. The van der Waals surface area contributed by atoms with Gasteiger partial charge in [0.2, 0.25) is 12.7 Å². The van der Waals surface area contributed by atoms with Crippen LogP contribution in [0.3, 0.4) is 0 Å². The first-order valence-electron chi connectivity index (χ1n) is 10.1. The van der Waals surface area contributed by atoms with Crippen molar-refractivity contribution in [3.63, 3.8) is 0 Å². The van der Waals surface area contributed by atoms with Crippen LogP contribution in [0.2, 0.25) is 0 Å². The first-order chi connectivity index (χ1) is 14.8. The van der Waals surface area contributed by atoms with Gasteiger partial charge in [-0.2, -0.15) is 0 Å². The zero-order valence-corrected chi connectivity index (χ0v) is 16.3. The summed E-state index contributed by atoms with van der Waals surface area (Å²) in [6.07, 6.45) is 2.59. The summed E-state index contributed by atoms with van der Waals surface area (Å²) in [5, 5.41) is 4.22. The van der Waals surface area contributed by atoms with E-state index in [-0.39, 0.29) is 18.6 Å². The number of carbonyl (C=O) groups is 1. The first kappa shape index (κ1) is 17.2. The molecular formula is C25H20N2O3. The Bertz CT molecular complexity index is 1280. The number of amides is 1. The fourth-order valence-electron chi connectivity index (χ4n) is 4.59. The van der Waals surface area contributed by atoms with Crippen LogP contribution < -0.4 is 14.8 Å². The van der Waals surface area contributed by atoms with Gasteiger partial charge in [-0.3, -0.25) is 4.79 Å². The van der Waals surface area contributed by atoms with Crippen LogP contribution in [0.1, 0.15) is 29.0 Å². The Kier molecular flexibility index (Phi) is 3.81. The monoisotopic (exact) mass is 396 g/mol. The predicted octanol–water partition coefficient (Wildman–Crippen LogP) is 4.89. The third-order valence-corrected chi connectivity index (χ3v) is 5.97. The van der Waals surface area contributed by atoms with Crippen molar-refractivity contribution in [1.82, 2.24) is 4.57 Å². The molecule has 3 heterocycles. The minimum absolute atomic E-state index is 0.0241. The van der Waals surface area contributed by atoms with E-state index < -0.39 is 0 Å². The van der Waals surface area contributed by atoms with Crippen LogP contribution in [0.5, 0.6) is 11.5 Å². The van der Waals surface area contributed by atoms with Crippen LogP contribution in [0, 0.1) is 0 Å². The molecule has 6 rings (SSSR count). The summed E-state index contributed by atoms with van der Waals surface area (Å²) in [5.41, 5.74) is 5.47. The molecule has 0 fully saturated rings. The molecule has 0 radical (unpaired) electrons. The van der Waals surface area contributed by atoms with Gasteiger partial charge in [-0.1, -0.05) is 42.5 Å². The van der Waals surface area contributed by atoms with Crippen LogP contribution in [-0.2, 0) is 11.3 Å². The number of nitrogens with one attached hydrogen (secondary N) is 1. The van der Waals surface area contributed by atoms with E-state index in [9.17, 15) is 4.79 Å². The van der Waals surface area contributed by atoms with Gasteiger partial charge in [-0.25, -0.2) is 0 Å². The molecule has 1 amide bonds. The highest BCUT2D eigenvalue weighted by Gasteiger charge is 2.29. The lowest BCUT2D eigenvalue weighted by atomic mass is 9.88. The number of ether oxygens (including phenoxy) is 2. The van der Waals surface area contributed by atoms with Gasteiger partial charge in [0.25, 0.3) is 0 Å². The number of benzene rings is 3. The molecule has 1 aromatic heterocycles. The average molecular weight is 396 g/mol. The van der Waals surface area contributed by atoms with Gasteiger partial charge >= 0.3 is 0 Å². The van der Waals surface area contributed by atoms with Crippen LogP contribution in [0.25, 0.3) is 10.9 Å². The summed E-state index contributed by atoms with van der Waals surface area (Å²) in [6, 6.07) is 22.5. The van der Waals surface area contributed by atoms with E-state index in [1.165, 1.54) is 5.56 Å². The highest BCUT2D eigenvalue weighted by Crippen LogP contribution is 2.43. The maximum atomic E-state index is 12.7. The zero-order chi connectivity index (χ0) is 20.1. The highest BCUT2D eigenvalue weighted by molar-refractivity contribution is 6.06. The van der Waals surface area contributed by atoms with Gasteiger partial charge in [0.05, 0.1) is 11.2 Å². The Hall–Kier alpha value is -3.73. The zero-order valence-electron chi connectivity index (χ0n) is 16.3. The molecule has 148 valence electrons. The van der Waals surface area contributed by atoms with Gasteiger partial charge in [-0.05, 0) is 41.0 Å². The van der Waals surface area contributed by atoms with E-state index >= 15 is 0 Å². The van der Waals surface area contributed by atoms with E-state index in [1.807, 2.05) is 36.4 Å². The van der Waals surface area contributed by atoms with Gasteiger partial charge in [0, 0.05) is 30.5 Å². The lowest BCUT2D eigenvalue weighted by Gasteiger charge is -2.15. The molecule has 5 heteroatoms. The molecule has 3 aromatic carbocycles. The summed E-state index contributed by atoms with van der Waals surface area (Å²) in [4.78, 5) is 12.7. The van der Waals surface area contributed by atoms with Gasteiger partial charge in [0.15, 0.2) is 11.5 Å². The summed E-state index contributed by atoms with van der Waals surface area (Å²) in [6.45, 7) is 1.02. The number of hydrogen-bond acceptors (Lipinski definition) is 3. The molecule has 4 aromatic rings. The smallest absolute Gasteiger partial charge is 0.231 e. The highest BCUT2D eigenvalue weighted by atomic mass is 16.7. The molecule has 0 spiro atoms. The summed E-state index contributed by atoms with van der Waals surface area (Å²) in [5.74, 6) is 1.47. The minimum Gasteiger partial charge on any atom is -0.454 e. The molecule has 0 bridgehead atoms. The Labute approximate surface area is 173 Å². The number of nitrogens with zero attached hydrogens (tertiary/aromatic N) is 1. The lowest BCUT2D eigenvalue weighted by molar-refractivity contribution is -0.116. The van der Waals surface area contributed by atoms with Crippen LogP contribution in [0.4, 0.5) is 5.69 Å². The summed E-state index contributed by atoms with van der Waals surface area (Å²) < 4.78 is 13.3. The molecular weight excluding hydrogens is 376 g/mol.